The van der Waals surface area contributed by atoms with Crippen LogP contribution in [0.4, 0.5) is 10.1 Å². The molecule has 0 aromatic heterocycles. The van der Waals surface area contributed by atoms with Gasteiger partial charge < -0.3 is 11.5 Å². The Morgan fingerprint density at radius 2 is 2.14 bits per heavy atom. The summed E-state index contributed by atoms with van der Waals surface area (Å²) in [6, 6.07) is 4.15. The third-order valence-electron chi connectivity index (χ3n) is 1.61. The molecule has 0 spiro atoms. The number of benzene rings is 1. The van der Waals surface area contributed by atoms with Gasteiger partial charge in [-0.3, -0.25) is 4.79 Å². The topological polar surface area (TPSA) is 69.1 Å². The minimum atomic E-state index is -0.433. The van der Waals surface area contributed by atoms with Gasteiger partial charge in [0.1, 0.15) is 5.82 Å². The van der Waals surface area contributed by atoms with Crippen LogP contribution in [0.1, 0.15) is 6.92 Å². The zero-order valence-electron chi connectivity index (χ0n) is 7.66. The largest absolute Gasteiger partial charge is 0.399 e. The van der Waals surface area contributed by atoms with Crippen LogP contribution in [0.15, 0.2) is 23.1 Å². The number of hydrogen-bond acceptors (Lipinski definition) is 3. The first kappa shape index (κ1) is 10.8. The summed E-state index contributed by atoms with van der Waals surface area (Å²) in [7, 11) is 0. The van der Waals surface area contributed by atoms with Gasteiger partial charge in [0, 0.05) is 10.6 Å². The number of nitrogen functional groups attached to an aromatic ring is 1. The highest BCUT2D eigenvalue weighted by molar-refractivity contribution is 8.00. The summed E-state index contributed by atoms with van der Waals surface area (Å²) >= 11 is 1.19. The average molecular weight is 214 g/mol. The van der Waals surface area contributed by atoms with Crippen molar-refractivity contribution in [3.63, 3.8) is 0 Å². The molecule has 1 aromatic carbocycles. The number of amides is 1. The number of hydrogen-bond donors (Lipinski definition) is 2. The summed E-state index contributed by atoms with van der Waals surface area (Å²) in [5, 5.41) is -0.392. The first-order chi connectivity index (χ1) is 6.49. The lowest BCUT2D eigenvalue weighted by Crippen LogP contribution is -2.22. The van der Waals surface area contributed by atoms with Crippen LogP contribution in [0, 0.1) is 5.82 Å². The fourth-order valence-electron chi connectivity index (χ4n) is 0.915. The van der Waals surface area contributed by atoms with E-state index in [0.29, 0.717) is 10.6 Å². The molecule has 5 heteroatoms. The molecule has 0 fully saturated rings. The van der Waals surface area contributed by atoms with Crippen LogP contribution in [0.25, 0.3) is 0 Å². The lowest BCUT2D eigenvalue weighted by molar-refractivity contribution is -0.117. The first-order valence-corrected chi connectivity index (χ1v) is 4.89. The number of halogens is 1. The molecule has 0 saturated heterocycles. The van der Waals surface area contributed by atoms with Gasteiger partial charge in [-0.15, -0.1) is 11.8 Å². The van der Waals surface area contributed by atoms with Crippen LogP contribution in [-0.4, -0.2) is 11.2 Å². The zero-order valence-corrected chi connectivity index (χ0v) is 8.48. The van der Waals surface area contributed by atoms with Crippen molar-refractivity contribution in [2.45, 2.75) is 17.1 Å². The van der Waals surface area contributed by atoms with Crippen LogP contribution in [0.2, 0.25) is 0 Å². The van der Waals surface area contributed by atoms with Gasteiger partial charge in [-0.1, -0.05) is 0 Å². The molecule has 1 atom stereocenters. The molecule has 1 unspecified atom stereocenters. The average Bonchev–Trinajstić information content (AvgIpc) is 2.01. The molecule has 0 aliphatic heterocycles. The molecule has 0 saturated carbocycles. The van der Waals surface area contributed by atoms with Crippen LogP contribution in [0.5, 0.6) is 0 Å². The van der Waals surface area contributed by atoms with Crippen LogP contribution >= 0.6 is 11.8 Å². The van der Waals surface area contributed by atoms with E-state index in [1.807, 2.05) is 0 Å². The third kappa shape index (κ3) is 2.92. The Kier molecular flexibility index (Phi) is 3.35. The minimum Gasteiger partial charge on any atom is -0.399 e. The van der Waals surface area contributed by atoms with Crippen molar-refractivity contribution in [3.8, 4) is 0 Å². The van der Waals surface area contributed by atoms with E-state index in [4.69, 9.17) is 11.5 Å². The lowest BCUT2D eigenvalue weighted by Gasteiger charge is -2.07. The number of carbonyl (C=O) groups is 1. The molecule has 0 radical (unpaired) electrons. The van der Waals surface area contributed by atoms with Crippen molar-refractivity contribution in [1.29, 1.82) is 0 Å². The van der Waals surface area contributed by atoms with Gasteiger partial charge in [-0.2, -0.15) is 0 Å². The summed E-state index contributed by atoms with van der Waals surface area (Å²) in [5.74, 6) is -0.845. The van der Waals surface area contributed by atoms with Crippen molar-refractivity contribution < 1.29 is 9.18 Å². The van der Waals surface area contributed by atoms with Crippen LogP contribution in [0.3, 0.4) is 0 Å². The molecule has 0 aliphatic rings. The van der Waals surface area contributed by atoms with Crippen LogP contribution < -0.4 is 11.5 Å². The van der Waals surface area contributed by atoms with Crippen molar-refractivity contribution in [3.05, 3.63) is 24.0 Å². The van der Waals surface area contributed by atoms with E-state index in [-0.39, 0.29) is 0 Å². The van der Waals surface area contributed by atoms with Gasteiger partial charge in [0.25, 0.3) is 0 Å². The maximum atomic E-state index is 12.9. The van der Waals surface area contributed by atoms with Gasteiger partial charge in [0.2, 0.25) is 5.91 Å². The molecule has 0 bridgehead atoms. The van der Waals surface area contributed by atoms with Crippen molar-refractivity contribution in [2.24, 2.45) is 5.73 Å². The Hall–Kier alpha value is -1.23. The van der Waals surface area contributed by atoms with E-state index in [9.17, 15) is 9.18 Å². The summed E-state index contributed by atoms with van der Waals surface area (Å²) < 4.78 is 12.9. The van der Waals surface area contributed by atoms with E-state index in [2.05, 4.69) is 0 Å². The highest BCUT2D eigenvalue weighted by Crippen LogP contribution is 2.25. The Morgan fingerprint density at radius 3 is 2.64 bits per heavy atom. The maximum absolute atomic E-state index is 12.9. The Morgan fingerprint density at radius 1 is 1.50 bits per heavy atom. The SMILES string of the molecule is CC(Sc1cc(N)cc(F)c1)C(N)=O. The zero-order chi connectivity index (χ0) is 10.7. The van der Waals surface area contributed by atoms with Crippen molar-refractivity contribution >= 4 is 23.4 Å². The first-order valence-electron chi connectivity index (χ1n) is 4.01. The second kappa shape index (κ2) is 4.32. The summed E-state index contributed by atoms with van der Waals surface area (Å²) in [6.07, 6.45) is 0. The van der Waals surface area contributed by atoms with Gasteiger partial charge in [0.15, 0.2) is 0 Å². The summed E-state index contributed by atoms with van der Waals surface area (Å²) in [5.41, 5.74) is 10.9. The molecule has 14 heavy (non-hydrogen) atoms. The van der Waals surface area contributed by atoms with E-state index in [1.54, 1.807) is 13.0 Å². The molecular weight excluding hydrogens is 203 g/mol. The second-order valence-corrected chi connectivity index (χ2v) is 4.30. The molecule has 3 nitrogen and oxygen atoms in total. The normalized spacial score (nSPS) is 12.4. The van der Waals surface area contributed by atoms with E-state index < -0.39 is 17.0 Å². The predicted octanol–water partition coefficient (Wildman–Crippen LogP) is 1.37. The molecule has 1 amide bonds. The molecule has 0 aliphatic carbocycles. The van der Waals surface area contributed by atoms with Gasteiger partial charge in [-0.05, 0) is 25.1 Å². The van der Waals surface area contributed by atoms with Gasteiger partial charge in [-0.25, -0.2) is 4.39 Å². The smallest absolute Gasteiger partial charge is 0.230 e. The lowest BCUT2D eigenvalue weighted by atomic mass is 10.3. The fourth-order valence-corrected chi connectivity index (χ4v) is 1.82. The molecule has 4 N–H and O–H groups in total. The molecule has 1 aromatic rings. The number of primary amides is 1. The highest BCUT2D eigenvalue weighted by Gasteiger charge is 2.11. The van der Waals surface area contributed by atoms with Gasteiger partial charge in [0.05, 0.1) is 5.25 Å². The van der Waals surface area contributed by atoms with Crippen molar-refractivity contribution in [2.75, 3.05) is 5.73 Å². The summed E-state index contributed by atoms with van der Waals surface area (Å²) in [4.78, 5) is 11.4. The molecule has 76 valence electrons. The highest BCUT2D eigenvalue weighted by atomic mass is 32.2. The fraction of sp³-hybridized carbons (Fsp3) is 0.222. The van der Waals surface area contributed by atoms with Crippen LogP contribution in [-0.2, 0) is 4.79 Å². The number of thioether (sulfide) groups is 1. The number of carbonyl (C=O) groups excluding carboxylic acids is 1. The van der Waals surface area contributed by atoms with Crippen molar-refractivity contribution in [1.82, 2.24) is 0 Å². The third-order valence-corrected chi connectivity index (χ3v) is 2.70. The standard InChI is InChI=1S/C9H11FN2OS/c1-5(9(12)13)14-8-3-6(10)2-7(11)4-8/h2-5H,11H2,1H3,(H2,12,13). The molecular formula is C9H11FN2OS. The number of nitrogens with two attached hydrogens (primary N) is 2. The van der Waals surface area contributed by atoms with E-state index in [1.165, 1.54) is 23.9 Å². The minimum absolute atomic E-state index is 0.337. The Bertz CT molecular complexity index is 336. The predicted molar refractivity (Wildman–Crippen MR) is 55.3 cm³/mol. The molecule has 1 rings (SSSR count). The number of anilines is 1. The Balaban J connectivity index is 2.81. The Labute approximate surface area is 85.7 Å². The van der Waals surface area contributed by atoms with Gasteiger partial charge >= 0.3 is 0 Å². The molecule has 0 heterocycles. The van der Waals surface area contributed by atoms with E-state index >= 15 is 0 Å². The summed E-state index contributed by atoms with van der Waals surface area (Å²) in [6.45, 7) is 1.66. The monoisotopic (exact) mass is 214 g/mol. The quantitative estimate of drug-likeness (QED) is 0.590. The second-order valence-electron chi connectivity index (χ2n) is 2.88. The number of rotatable bonds is 3. The van der Waals surface area contributed by atoms with E-state index in [0.717, 1.165) is 0 Å². The maximum Gasteiger partial charge on any atom is 0.230 e.